The molecule has 1 aliphatic heterocycles. The molecule has 1 aliphatic rings. The highest BCUT2D eigenvalue weighted by Gasteiger charge is 2.19. The molecule has 18 heavy (non-hydrogen) atoms. The van der Waals surface area contributed by atoms with Crippen molar-refractivity contribution in [3.8, 4) is 17.2 Å². The van der Waals surface area contributed by atoms with Gasteiger partial charge in [0.1, 0.15) is 5.75 Å². The minimum Gasteiger partial charge on any atom is -0.506 e. The van der Waals surface area contributed by atoms with Crippen molar-refractivity contribution >= 4 is 0 Å². The molecule has 0 aliphatic carbocycles. The summed E-state index contributed by atoms with van der Waals surface area (Å²) in [7, 11) is 0. The maximum absolute atomic E-state index is 9.34. The van der Waals surface area contributed by atoms with Crippen LogP contribution in [-0.2, 0) is 11.2 Å². The molecule has 0 radical (unpaired) electrons. The molecule has 94 valence electrons. The van der Waals surface area contributed by atoms with Gasteiger partial charge in [0.15, 0.2) is 5.82 Å². The minimum absolute atomic E-state index is 0.0800. The van der Waals surface area contributed by atoms with E-state index in [2.05, 4.69) is 15.1 Å². The quantitative estimate of drug-likeness (QED) is 0.883. The van der Waals surface area contributed by atoms with Crippen molar-refractivity contribution in [2.24, 2.45) is 5.92 Å². The summed E-state index contributed by atoms with van der Waals surface area (Å²) in [5.74, 6) is 1.60. The van der Waals surface area contributed by atoms with E-state index in [0.29, 0.717) is 23.2 Å². The predicted molar refractivity (Wildman–Crippen MR) is 61.8 cm³/mol. The third-order valence-electron chi connectivity index (χ3n) is 2.93. The van der Waals surface area contributed by atoms with Crippen molar-refractivity contribution in [2.75, 3.05) is 13.2 Å². The number of ether oxygens (including phenoxy) is 1. The van der Waals surface area contributed by atoms with Gasteiger partial charge in [-0.1, -0.05) is 5.16 Å². The fraction of sp³-hybridized carbons (Fsp3) is 0.417. The molecule has 3 heterocycles. The summed E-state index contributed by atoms with van der Waals surface area (Å²) in [4.78, 5) is 8.18. The Morgan fingerprint density at radius 2 is 2.33 bits per heavy atom. The number of nitrogens with zero attached hydrogens (tertiary/aromatic N) is 3. The summed E-state index contributed by atoms with van der Waals surface area (Å²) in [6, 6.07) is 1.54. The van der Waals surface area contributed by atoms with Crippen LogP contribution < -0.4 is 0 Å². The Hall–Kier alpha value is -1.95. The van der Waals surface area contributed by atoms with E-state index in [9.17, 15) is 5.11 Å². The zero-order chi connectivity index (χ0) is 12.4. The Bertz CT molecular complexity index is 535. The lowest BCUT2D eigenvalue weighted by atomic mass is 10.1. The molecule has 6 nitrogen and oxygen atoms in total. The van der Waals surface area contributed by atoms with Crippen molar-refractivity contribution in [3.05, 3.63) is 24.3 Å². The standard InChI is InChI=1S/C12H13N3O3/c16-10-4-9(5-13-6-10)12-14-11(15-18-12)3-8-1-2-17-7-8/h4-6,8,16H,1-3,7H2. The first-order chi connectivity index (χ1) is 8.81. The lowest BCUT2D eigenvalue weighted by Crippen LogP contribution is -2.04. The van der Waals surface area contributed by atoms with E-state index in [1.807, 2.05) is 0 Å². The second kappa shape index (κ2) is 4.73. The first-order valence-corrected chi connectivity index (χ1v) is 5.86. The van der Waals surface area contributed by atoms with Crippen LogP contribution >= 0.6 is 0 Å². The SMILES string of the molecule is Oc1cncc(-c2nc(CC3CCOC3)no2)c1. The van der Waals surface area contributed by atoms with E-state index in [4.69, 9.17) is 9.26 Å². The lowest BCUT2D eigenvalue weighted by Gasteiger charge is -2.00. The van der Waals surface area contributed by atoms with Gasteiger partial charge in [-0.3, -0.25) is 4.98 Å². The molecule has 2 aromatic heterocycles. The Morgan fingerprint density at radius 1 is 1.39 bits per heavy atom. The molecular weight excluding hydrogens is 234 g/mol. The summed E-state index contributed by atoms with van der Waals surface area (Å²) in [5.41, 5.74) is 0.622. The Balaban J connectivity index is 1.76. The van der Waals surface area contributed by atoms with Crippen molar-refractivity contribution in [1.82, 2.24) is 15.1 Å². The smallest absolute Gasteiger partial charge is 0.259 e. The molecule has 1 atom stereocenters. The number of hydrogen-bond acceptors (Lipinski definition) is 6. The summed E-state index contributed by atoms with van der Waals surface area (Å²) < 4.78 is 10.5. The number of hydrogen-bond donors (Lipinski definition) is 1. The highest BCUT2D eigenvalue weighted by atomic mass is 16.5. The summed E-state index contributed by atoms with van der Waals surface area (Å²) in [6.45, 7) is 1.57. The van der Waals surface area contributed by atoms with E-state index >= 15 is 0 Å². The summed E-state index contributed by atoms with van der Waals surface area (Å²) >= 11 is 0. The van der Waals surface area contributed by atoms with Crippen LogP contribution in [0.4, 0.5) is 0 Å². The molecule has 0 amide bonds. The molecule has 1 N–H and O–H groups in total. The van der Waals surface area contributed by atoms with Crippen molar-refractivity contribution in [1.29, 1.82) is 0 Å². The van der Waals surface area contributed by atoms with Gasteiger partial charge in [-0.15, -0.1) is 0 Å². The summed E-state index contributed by atoms with van der Waals surface area (Å²) in [5, 5.41) is 13.3. The average molecular weight is 247 g/mol. The van der Waals surface area contributed by atoms with E-state index in [0.717, 1.165) is 26.1 Å². The third kappa shape index (κ3) is 2.33. The number of rotatable bonds is 3. The molecule has 1 unspecified atom stereocenters. The second-order valence-electron chi connectivity index (χ2n) is 4.38. The van der Waals surface area contributed by atoms with E-state index in [1.54, 1.807) is 12.3 Å². The maximum Gasteiger partial charge on any atom is 0.259 e. The van der Waals surface area contributed by atoms with Gasteiger partial charge in [-0.25, -0.2) is 0 Å². The van der Waals surface area contributed by atoms with Crippen molar-refractivity contribution in [3.63, 3.8) is 0 Å². The van der Waals surface area contributed by atoms with Crippen LogP contribution in [0.2, 0.25) is 0 Å². The van der Waals surface area contributed by atoms with Gasteiger partial charge in [0.05, 0.1) is 11.8 Å². The number of aromatic hydroxyl groups is 1. The minimum atomic E-state index is 0.0800. The van der Waals surface area contributed by atoms with Crippen LogP contribution in [0, 0.1) is 5.92 Å². The van der Waals surface area contributed by atoms with E-state index < -0.39 is 0 Å². The van der Waals surface area contributed by atoms with Gasteiger partial charge in [-0.2, -0.15) is 4.98 Å². The average Bonchev–Trinajstić information content (AvgIpc) is 3.01. The fourth-order valence-corrected chi connectivity index (χ4v) is 2.00. The molecular formula is C12H13N3O3. The van der Waals surface area contributed by atoms with Crippen LogP contribution in [-0.4, -0.2) is 33.4 Å². The lowest BCUT2D eigenvalue weighted by molar-refractivity contribution is 0.185. The fourth-order valence-electron chi connectivity index (χ4n) is 2.00. The van der Waals surface area contributed by atoms with Gasteiger partial charge in [0, 0.05) is 25.8 Å². The van der Waals surface area contributed by atoms with Gasteiger partial charge in [0.25, 0.3) is 5.89 Å². The predicted octanol–water partition coefficient (Wildman–Crippen LogP) is 1.42. The monoisotopic (exact) mass is 247 g/mol. The molecule has 0 bridgehead atoms. The molecule has 1 fully saturated rings. The number of aromatic nitrogens is 3. The highest BCUT2D eigenvalue weighted by Crippen LogP contribution is 2.22. The first kappa shape index (κ1) is 11.2. The zero-order valence-corrected chi connectivity index (χ0v) is 9.74. The van der Waals surface area contributed by atoms with Gasteiger partial charge in [-0.05, 0) is 18.4 Å². The highest BCUT2D eigenvalue weighted by molar-refractivity contribution is 5.53. The van der Waals surface area contributed by atoms with Crippen LogP contribution in [0.1, 0.15) is 12.2 Å². The van der Waals surface area contributed by atoms with Gasteiger partial charge >= 0.3 is 0 Å². The van der Waals surface area contributed by atoms with Crippen LogP contribution in [0.5, 0.6) is 5.75 Å². The second-order valence-corrected chi connectivity index (χ2v) is 4.38. The molecule has 0 saturated carbocycles. The molecule has 3 rings (SSSR count). The van der Waals surface area contributed by atoms with E-state index in [-0.39, 0.29) is 5.75 Å². The van der Waals surface area contributed by atoms with Crippen LogP contribution in [0.15, 0.2) is 23.0 Å². The van der Waals surface area contributed by atoms with E-state index in [1.165, 1.54) is 6.20 Å². The number of pyridine rings is 1. The Labute approximate surface area is 104 Å². The van der Waals surface area contributed by atoms with Gasteiger partial charge < -0.3 is 14.4 Å². The molecule has 0 aromatic carbocycles. The zero-order valence-electron chi connectivity index (χ0n) is 9.74. The summed E-state index contributed by atoms with van der Waals surface area (Å²) in [6.07, 6.45) is 4.74. The normalized spacial score (nSPS) is 19.2. The van der Waals surface area contributed by atoms with Crippen molar-refractivity contribution < 1.29 is 14.4 Å². The van der Waals surface area contributed by atoms with Crippen LogP contribution in [0.25, 0.3) is 11.5 Å². The van der Waals surface area contributed by atoms with Crippen molar-refractivity contribution in [2.45, 2.75) is 12.8 Å². The molecule has 6 heteroatoms. The third-order valence-corrected chi connectivity index (χ3v) is 2.93. The Kier molecular flexibility index (Phi) is 2.93. The largest absolute Gasteiger partial charge is 0.506 e. The molecule has 0 spiro atoms. The molecule has 1 saturated heterocycles. The maximum atomic E-state index is 9.34. The molecule has 2 aromatic rings. The first-order valence-electron chi connectivity index (χ1n) is 5.86. The van der Waals surface area contributed by atoms with Gasteiger partial charge in [0.2, 0.25) is 0 Å². The Morgan fingerprint density at radius 3 is 3.11 bits per heavy atom. The topological polar surface area (TPSA) is 81.3 Å². The van der Waals surface area contributed by atoms with Crippen LogP contribution in [0.3, 0.4) is 0 Å².